The summed E-state index contributed by atoms with van der Waals surface area (Å²) < 4.78 is 17.1. The van der Waals surface area contributed by atoms with Crippen LogP contribution in [0.3, 0.4) is 0 Å². The minimum Gasteiger partial charge on any atom is -0.481 e. The van der Waals surface area contributed by atoms with Gasteiger partial charge in [-0.2, -0.15) is 5.10 Å². The van der Waals surface area contributed by atoms with Crippen molar-refractivity contribution < 1.29 is 19.1 Å². The molecule has 6 rings (SSSR count). The van der Waals surface area contributed by atoms with Crippen LogP contribution in [0.5, 0.6) is 0 Å². The molecule has 1 fully saturated rings. The van der Waals surface area contributed by atoms with E-state index in [0.29, 0.717) is 55.0 Å². The number of carbonyl (C=O) groups is 2. The molecule has 1 N–H and O–H groups in total. The average molecular weight is 527 g/mol. The number of amides is 1. The Bertz CT molecular complexity index is 1600. The van der Waals surface area contributed by atoms with Gasteiger partial charge in [0.2, 0.25) is 0 Å². The van der Waals surface area contributed by atoms with Gasteiger partial charge < -0.3 is 14.9 Å². The molecular weight excluding hydrogens is 495 g/mol. The summed E-state index contributed by atoms with van der Waals surface area (Å²) in [4.78, 5) is 28.8. The summed E-state index contributed by atoms with van der Waals surface area (Å²) in [7, 11) is 0. The topological polar surface area (TPSA) is 78.2 Å². The fourth-order valence-corrected chi connectivity index (χ4v) is 6.00. The first-order chi connectivity index (χ1) is 18.8. The van der Waals surface area contributed by atoms with E-state index in [1.54, 1.807) is 10.6 Å². The van der Waals surface area contributed by atoms with Crippen LogP contribution in [0.1, 0.15) is 53.5 Å². The van der Waals surface area contributed by atoms with Gasteiger partial charge in [-0.15, -0.1) is 0 Å². The van der Waals surface area contributed by atoms with Gasteiger partial charge in [0.1, 0.15) is 5.82 Å². The number of pyridine rings is 1. The molecule has 39 heavy (non-hydrogen) atoms. The van der Waals surface area contributed by atoms with Gasteiger partial charge in [0, 0.05) is 42.1 Å². The molecule has 1 amide bonds. The number of carbonyl (C=O) groups excluding carboxylic acids is 1. The number of carboxylic acid groups (broad SMARTS) is 1. The number of benzene rings is 2. The monoisotopic (exact) mass is 526 g/mol. The first-order valence-corrected chi connectivity index (χ1v) is 13.5. The Balaban J connectivity index is 1.30. The van der Waals surface area contributed by atoms with E-state index >= 15 is 4.39 Å². The van der Waals surface area contributed by atoms with Crippen LogP contribution in [0, 0.1) is 11.7 Å². The molecule has 2 aliphatic rings. The summed E-state index contributed by atoms with van der Waals surface area (Å²) in [6.45, 7) is 5.71. The van der Waals surface area contributed by atoms with E-state index in [1.807, 2.05) is 53.1 Å². The second-order valence-corrected chi connectivity index (χ2v) is 10.5. The van der Waals surface area contributed by atoms with Crippen LogP contribution >= 0.6 is 0 Å². The Kier molecular flexibility index (Phi) is 6.33. The van der Waals surface area contributed by atoms with Crippen molar-refractivity contribution in [3.63, 3.8) is 0 Å². The SMILES string of the molecule is CCc1cc(C(=O)N2CCc3ccccc3[C@H]2C)cc2cc(-c3ccc(N4CC[C@H](C(=O)O)C4)cc3F)nn12. The Morgan fingerprint density at radius 1 is 1.08 bits per heavy atom. The lowest BCUT2D eigenvalue weighted by atomic mass is 9.93. The van der Waals surface area contributed by atoms with Crippen molar-refractivity contribution in [2.75, 3.05) is 24.5 Å². The van der Waals surface area contributed by atoms with Crippen LogP contribution in [0.15, 0.2) is 60.7 Å². The average Bonchev–Trinajstić information content (AvgIpc) is 3.60. The fraction of sp³-hybridized carbons (Fsp3) is 0.323. The van der Waals surface area contributed by atoms with Crippen molar-refractivity contribution in [2.24, 2.45) is 5.92 Å². The van der Waals surface area contributed by atoms with Crippen LogP contribution in [0.25, 0.3) is 16.8 Å². The first-order valence-electron chi connectivity index (χ1n) is 13.5. The third kappa shape index (κ3) is 4.43. The summed E-state index contributed by atoms with van der Waals surface area (Å²) >= 11 is 0. The van der Waals surface area contributed by atoms with Gasteiger partial charge in [0.25, 0.3) is 5.91 Å². The second-order valence-electron chi connectivity index (χ2n) is 10.5. The maximum atomic E-state index is 15.3. The smallest absolute Gasteiger partial charge is 0.308 e. The minimum absolute atomic E-state index is 0.0155. The number of hydrogen-bond acceptors (Lipinski definition) is 4. The normalized spacial score (nSPS) is 18.9. The number of carboxylic acids is 1. The molecule has 0 bridgehead atoms. The molecule has 2 aliphatic heterocycles. The van der Waals surface area contributed by atoms with Crippen LogP contribution in [0.4, 0.5) is 10.1 Å². The zero-order valence-corrected chi connectivity index (χ0v) is 22.1. The highest BCUT2D eigenvalue weighted by atomic mass is 19.1. The number of nitrogens with zero attached hydrogens (tertiary/aromatic N) is 4. The molecule has 4 heterocycles. The van der Waals surface area contributed by atoms with E-state index < -0.39 is 17.7 Å². The minimum atomic E-state index is -0.816. The molecule has 0 saturated carbocycles. The van der Waals surface area contributed by atoms with Crippen molar-refractivity contribution in [3.8, 4) is 11.3 Å². The third-order valence-corrected chi connectivity index (χ3v) is 8.23. The number of aryl methyl sites for hydroxylation is 1. The van der Waals surface area contributed by atoms with E-state index in [4.69, 9.17) is 5.10 Å². The number of hydrogen-bond donors (Lipinski definition) is 1. The lowest BCUT2D eigenvalue weighted by molar-refractivity contribution is -0.140. The van der Waals surface area contributed by atoms with Crippen LogP contribution in [0.2, 0.25) is 0 Å². The van der Waals surface area contributed by atoms with E-state index in [1.165, 1.54) is 17.2 Å². The molecule has 200 valence electrons. The standard InChI is InChI=1S/C31H31FN4O3/c1-3-23-14-22(30(37)35-13-11-20-6-4-5-7-26(20)19(35)2)15-25-17-29(33-36(23)25)27-9-8-24(16-28(27)32)34-12-10-21(18-34)31(38)39/h4-9,14-17,19,21H,3,10-13,18H2,1-2H3,(H,38,39)/t19-,21+/m1/s1. The molecule has 0 spiro atoms. The van der Waals surface area contributed by atoms with Crippen LogP contribution < -0.4 is 4.90 Å². The van der Waals surface area contributed by atoms with Crippen molar-refractivity contribution >= 4 is 23.1 Å². The zero-order chi connectivity index (χ0) is 27.3. The predicted molar refractivity (Wildman–Crippen MR) is 148 cm³/mol. The molecule has 8 heteroatoms. The lowest BCUT2D eigenvalue weighted by Gasteiger charge is -2.35. The van der Waals surface area contributed by atoms with Gasteiger partial charge in [-0.05, 0) is 73.7 Å². The van der Waals surface area contributed by atoms with Crippen molar-refractivity contribution in [2.45, 2.75) is 39.2 Å². The van der Waals surface area contributed by atoms with Gasteiger partial charge in [-0.25, -0.2) is 8.91 Å². The van der Waals surface area contributed by atoms with Gasteiger partial charge >= 0.3 is 5.97 Å². The van der Waals surface area contributed by atoms with Crippen molar-refractivity contribution in [1.82, 2.24) is 14.5 Å². The Labute approximate surface area is 226 Å². The van der Waals surface area contributed by atoms with Gasteiger partial charge in [0.05, 0.1) is 23.2 Å². The molecule has 4 aromatic rings. The van der Waals surface area contributed by atoms with Gasteiger partial charge in [-0.1, -0.05) is 31.2 Å². The van der Waals surface area contributed by atoms with E-state index in [2.05, 4.69) is 19.1 Å². The number of halogens is 1. The van der Waals surface area contributed by atoms with Crippen LogP contribution in [-0.4, -0.2) is 51.1 Å². The summed E-state index contributed by atoms with van der Waals surface area (Å²) in [5.41, 5.74) is 6.23. The summed E-state index contributed by atoms with van der Waals surface area (Å²) in [6.07, 6.45) is 2.04. The number of fused-ring (bicyclic) bond motifs is 2. The quantitative estimate of drug-likeness (QED) is 0.378. The van der Waals surface area contributed by atoms with Gasteiger partial charge in [0.15, 0.2) is 0 Å². The second kappa shape index (κ2) is 9.84. The van der Waals surface area contributed by atoms with E-state index in [-0.39, 0.29) is 11.9 Å². The maximum absolute atomic E-state index is 15.3. The predicted octanol–water partition coefficient (Wildman–Crippen LogP) is 5.37. The molecule has 0 radical (unpaired) electrons. The number of anilines is 1. The fourth-order valence-electron chi connectivity index (χ4n) is 6.00. The first kappa shape index (κ1) is 25.1. The summed E-state index contributed by atoms with van der Waals surface area (Å²) in [6, 6.07) is 18.8. The Hall–Kier alpha value is -4.20. The van der Waals surface area contributed by atoms with E-state index in [0.717, 1.165) is 17.6 Å². The molecule has 0 aliphatic carbocycles. The highest BCUT2D eigenvalue weighted by Crippen LogP contribution is 2.33. The molecule has 0 unspecified atom stereocenters. The maximum Gasteiger partial charge on any atom is 0.308 e. The summed E-state index contributed by atoms with van der Waals surface area (Å²) in [5, 5.41) is 14.0. The highest BCUT2D eigenvalue weighted by Gasteiger charge is 2.30. The zero-order valence-electron chi connectivity index (χ0n) is 22.1. The molecular formula is C31H31FN4O3. The number of aromatic nitrogens is 2. The molecule has 2 atom stereocenters. The molecule has 2 aromatic heterocycles. The number of rotatable bonds is 5. The summed E-state index contributed by atoms with van der Waals surface area (Å²) in [5.74, 6) is -1.68. The van der Waals surface area contributed by atoms with Crippen LogP contribution in [-0.2, 0) is 17.6 Å². The van der Waals surface area contributed by atoms with Crippen molar-refractivity contribution in [1.29, 1.82) is 0 Å². The third-order valence-electron chi connectivity index (χ3n) is 8.23. The number of aliphatic carboxylic acids is 1. The van der Waals surface area contributed by atoms with Crippen molar-refractivity contribution in [3.05, 3.63) is 88.9 Å². The van der Waals surface area contributed by atoms with E-state index in [9.17, 15) is 14.7 Å². The molecule has 7 nitrogen and oxygen atoms in total. The molecule has 2 aromatic carbocycles. The lowest BCUT2D eigenvalue weighted by Crippen LogP contribution is -2.38. The largest absolute Gasteiger partial charge is 0.481 e. The Morgan fingerprint density at radius 3 is 2.64 bits per heavy atom. The molecule has 1 saturated heterocycles. The Morgan fingerprint density at radius 2 is 1.90 bits per heavy atom. The van der Waals surface area contributed by atoms with Gasteiger partial charge in [-0.3, -0.25) is 9.59 Å². The highest BCUT2D eigenvalue weighted by molar-refractivity contribution is 5.96.